The molecule has 2 saturated heterocycles. The Kier molecular flexibility index (Phi) is 2.77. The number of benzene rings is 1. The lowest BCUT2D eigenvalue weighted by Gasteiger charge is -2.33. The average Bonchev–Trinajstić information content (AvgIpc) is 2.98. The number of hydrogen-bond acceptors (Lipinski definition) is 3. The van der Waals surface area contributed by atoms with Gasteiger partial charge in [-0.05, 0) is 18.6 Å². The van der Waals surface area contributed by atoms with Gasteiger partial charge in [-0.1, -0.05) is 18.2 Å². The van der Waals surface area contributed by atoms with Crippen LogP contribution in [0, 0.1) is 5.92 Å². The van der Waals surface area contributed by atoms with Crippen LogP contribution >= 0.6 is 0 Å². The van der Waals surface area contributed by atoms with Crippen LogP contribution in [0.5, 0.6) is 5.75 Å². The molecule has 2 bridgehead atoms. The van der Waals surface area contributed by atoms with Crippen molar-refractivity contribution in [2.24, 2.45) is 5.92 Å². The van der Waals surface area contributed by atoms with Crippen molar-refractivity contribution in [2.45, 2.75) is 36.9 Å². The van der Waals surface area contributed by atoms with Crippen molar-refractivity contribution < 1.29 is 31.5 Å². The second-order valence-corrected chi connectivity index (χ2v) is 5.90. The zero-order valence-electron chi connectivity index (χ0n) is 11.5. The maximum Gasteiger partial charge on any atom is 0.464 e. The average molecular weight is 334 g/mol. The van der Waals surface area contributed by atoms with Gasteiger partial charge in [-0.25, -0.2) is 4.79 Å². The first-order chi connectivity index (χ1) is 10.7. The van der Waals surface area contributed by atoms with Crippen molar-refractivity contribution in [3.05, 3.63) is 30.3 Å². The molecule has 1 amide bonds. The van der Waals surface area contributed by atoms with Crippen LogP contribution < -0.4 is 4.74 Å². The predicted molar refractivity (Wildman–Crippen MR) is 66.6 cm³/mol. The van der Waals surface area contributed by atoms with Gasteiger partial charge < -0.3 is 4.74 Å². The molecule has 3 fully saturated rings. The van der Waals surface area contributed by atoms with E-state index in [0.717, 1.165) is 4.90 Å². The lowest BCUT2D eigenvalue weighted by atomic mass is 10.1. The van der Waals surface area contributed by atoms with Gasteiger partial charge in [-0.2, -0.15) is 22.0 Å². The van der Waals surface area contributed by atoms with Crippen molar-refractivity contribution in [3.63, 3.8) is 0 Å². The molecule has 1 aromatic rings. The van der Waals surface area contributed by atoms with E-state index in [4.69, 9.17) is 4.74 Å². The molecular formula is C14H11F5N2O2. The van der Waals surface area contributed by atoms with E-state index in [1.54, 1.807) is 18.2 Å². The number of halogens is 5. The van der Waals surface area contributed by atoms with Crippen LogP contribution in [0.3, 0.4) is 0 Å². The summed E-state index contributed by atoms with van der Waals surface area (Å²) in [6.07, 6.45) is -6.29. The second-order valence-electron chi connectivity index (χ2n) is 5.90. The van der Waals surface area contributed by atoms with E-state index < -0.39 is 47.4 Å². The lowest BCUT2D eigenvalue weighted by molar-refractivity contribution is -0.339. The molecule has 4 rings (SSSR count). The third-order valence-corrected chi connectivity index (χ3v) is 4.74. The molecule has 2 aliphatic heterocycles. The van der Waals surface area contributed by atoms with E-state index in [1.807, 2.05) is 0 Å². The Morgan fingerprint density at radius 3 is 2.43 bits per heavy atom. The van der Waals surface area contributed by atoms with Gasteiger partial charge in [0.2, 0.25) is 0 Å². The number of carbonyl (C=O) groups excluding carboxylic acids is 1. The van der Waals surface area contributed by atoms with Crippen LogP contribution in [-0.2, 0) is 0 Å². The number of likely N-dealkylation sites (tertiary alicyclic amines) is 2. The first kappa shape index (κ1) is 14.7. The van der Waals surface area contributed by atoms with Gasteiger partial charge >= 0.3 is 18.4 Å². The van der Waals surface area contributed by atoms with E-state index in [2.05, 4.69) is 0 Å². The van der Waals surface area contributed by atoms with Crippen LogP contribution in [0.15, 0.2) is 30.3 Å². The van der Waals surface area contributed by atoms with Crippen LogP contribution in [0.25, 0.3) is 0 Å². The number of amides is 1. The fraction of sp³-hybridized carbons (Fsp3) is 0.500. The predicted octanol–water partition coefficient (Wildman–Crippen LogP) is 3.05. The SMILES string of the molecule is O=C(Oc1ccccc1)N1[C@@H]2[C@H]1[C@@H]1C[C@@H]2C(F)(F)N1C(F)(F)F. The van der Waals surface area contributed by atoms with Crippen LogP contribution in [0.1, 0.15) is 6.42 Å². The highest BCUT2D eigenvalue weighted by Crippen LogP contribution is 2.63. The number of piperidine rings is 2. The third-order valence-electron chi connectivity index (χ3n) is 4.74. The minimum Gasteiger partial charge on any atom is -0.410 e. The molecule has 9 heteroatoms. The molecule has 0 aromatic heterocycles. The maximum absolute atomic E-state index is 14.0. The van der Waals surface area contributed by atoms with Gasteiger partial charge in [0.25, 0.3) is 0 Å². The molecule has 1 aromatic carbocycles. The molecule has 0 radical (unpaired) electrons. The maximum atomic E-state index is 14.0. The summed E-state index contributed by atoms with van der Waals surface area (Å²) in [6.45, 7) is 0. The molecule has 4 atom stereocenters. The summed E-state index contributed by atoms with van der Waals surface area (Å²) >= 11 is 0. The summed E-state index contributed by atoms with van der Waals surface area (Å²) in [7, 11) is 0. The van der Waals surface area contributed by atoms with E-state index in [1.165, 1.54) is 12.1 Å². The number of fused-ring (bicyclic) bond motifs is 5. The van der Waals surface area contributed by atoms with Gasteiger partial charge in [0.15, 0.2) is 0 Å². The summed E-state index contributed by atoms with van der Waals surface area (Å²) < 4.78 is 71.6. The van der Waals surface area contributed by atoms with E-state index in [0.29, 0.717) is 0 Å². The summed E-state index contributed by atoms with van der Waals surface area (Å²) in [6, 6.07) is 0.789. The van der Waals surface area contributed by atoms with E-state index >= 15 is 0 Å². The summed E-state index contributed by atoms with van der Waals surface area (Å²) in [5.74, 6) is -1.29. The molecule has 124 valence electrons. The van der Waals surface area contributed by atoms with Gasteiger partial charge in [0.05, 0.1) is 18.0 Å². The van der Waals surface area contributed by atoms with E-state index in [-0.39, 0.29) is 12.2 Å². The topological polar surface area (TPSA) is 32.6 Å². The van der Waals surface area contributed by atoms with Crippen molar-refractivity contribution >= 4 is 6.09 Å². The molecule has 1 aliphatic carbocycles. The molecular weight excluding hydrogens is 323 g/mol. The smallest absolute Gasteiger partial charge is 0.410 e. The standard InChI is InChI=1S/C14H11F5N2O2/c15-13(16)8-6-9(21(13)14(17,18)19)11-10(8)20(11)12(22)23-7-4-2-1-3-5-7/h1-5,8-11H,6H2/t8-,9-,10-,11+,20?/m0/s1. The minimum atomic E-state index is -5.13. The highest BCUT2D eigenvalue weighted by atomic mass is 19.4. The van der Waals surface area contributed by atoms with Gasteiger partial charge in [-0.15, -0.1) is 4.90 Å². The molecule has 0 unspecified atom stereocenters. The van der Waals surface area contributed by atoms with Crippen LogP contribution in [0.2, 0.25) is 0 Å². The van der Waals surface area contributed by atoms with Gasteiger partial charge in [0.1, 0.15) is 5.75 Å². The van der Waals surface area contributed by atoms with Crippen molar-refractivity contribution in [1.82, 2.24) is 9.80 Å². The first-order valence-electron chi connectivity index (χ1n) is 7.02. The Balaban J connectivity index is 1.54. The zero-order chi connectivity index (χ0) is 16.6. The molecule has 0 N–H and O–H groups in total. The first-order valence-corrected chi connectivity index (χ1v) is 7.02. The Morgan fingerprint density at radius 1 is 1.17 bits per heavy atom. The van der Waals surface area contributed by atoms with Gasteiger partial charge in [0, 0.05) is 6.04 Å². The van der Waals surface area contributed by atoms with Crippen LogP contribution in [0.4, 0.5) is 26.7 Å². The molecule has 2 heterocycles. The zero-order valence-corrected chi connectivity index (χ0v) is 11.5. The number of hydrogen-bond donors (Lipinski definition) is 0. The summed E-state index contributed by atoms with van der Waals surface area (Å²) in [4.78, 5) is 12.3. The highest BCUT2D eigenvalue weighted by Gasteiger charge is 2.82. The largest absolute Gasteiger partial charge is 0.464 e. The second kappa shape index (κ2) is 4.34. The number of carbonyl (C=O) groups is 1. The minimum absolute atomic E-state index is 0.217. The van der Waals surface area contributed by atoms with Crippen LogP contribution in [-0.4, -0.2) is 46.4 Å². The van der Waals surface area contributed by atoms with Crippen molar-refractivity contribution in [1.29, 1.82) is 0 Å². The van der Waals surface area contributed by atoms with E-state index in [9.17, 15) is 26.7 Å². The third kappa shape index (κ3) is 1.95. The number of ether oxygens (including phenoxy) is 1. The number of rotatable bonds is 1. The highest BCUT2D eigenvalue weighted by molar-refractivity contribution is 5.75. The molecule has 0 spiro atoms. The number of alkyl halides is 5. The van der Waals surface area contributed by atoms with Crippen molar-refractivity contribution in [3.8, 4) is 5.75 Å². The quantitative estimate of drug-likeness (QED) is 0.450. The van der Waals surface area contributed by atoms with Gasteiger partial charge in [-0.3, -0.25) is 4.90 Å². The molecule has 1 saturated carbocycles. The molecule has 3 aliphatic rings. The number of para-hydroxylation sites is 1. The Morgan fingerprint density at radius 2 is 1.83 bits per heavy atom. The Labute approximate surface area is 127 Å². The Bertz CT molecular complexity index is 650. The lowest BCUT2D eigenvalue weighted by Crippen LogP contribution is -2.56. The summed E-state index contributed by atoms with van der Waals surface area (Å²) in [5.41, 5.74) is 0. The Hall–Kier alpha value is -1.90. The summed E-state index contributed by atoms with van der Waals surface area (Å²) in [5, 5.41) is 0. The fourth-order valence-corrected chi connectivity index (χ4v) is 3.90. The normalized spacial score (nSPS) is 34.4. The number of nitrogens with zero attached hydrogens (tertiary/aromatic N) is 2. The monoisotopic (exact) mass is 334 g/mol. The van der Waals surface area contributed by atoms with Crippen molar-refractivity contribution in [2.75, 3.05) is 0 Å². The molecule has 4 nitrogen and oxygen atoms in total. The fourth-order valence-electron chi connectivity index (χ4n) is 3.90. The molecule has 23 heavy (non-hydrogen) atoms.